The van der Waals surface area contributed by atoms with E-state index in [0.717, 1.165) is 17.4 Å². The third kappa shape index (κ3) is 1.38. The van der Waals surface area contributed by atoms with Crippen molar-refractivity contribution in [3.63, 3.8) is 0 Å². The van der Waals surface area contributed by atoms with E-state index in [-0.39, 0.29) is 0 Å². The van der Waals surface area contributed by atoms with Crippen molar-refractivity contribution >= 4 is 16.6 Å². The van der Waals surface area contributed by atoms with Crippen molar-refractivity contribution in [3.05, 3.63) is 36.5 Å². The molecule has 1 saturated carbocycles. The van der Waals surface area contributed by atoms with E-state index in [9.17, 15) is 0 Å². The summed E-state index contributed by atoms with van der Waals surface area (Å²) < 4.78 is 0. The summed E-state index contributed by atoms with van der Waals surface area (Å²) in [5, 5.41) is 11.9. The van der Waals surface area contributed by atoms with Crippen molar-refractivity contribution in [3.8, 4) is 0 Å². The van der Waals surface area contributed by atoms with Gasteiger partial charge in [0, 0.05) is 23.0 Å². The zero-order valence-electron chi connectivity index (χ0n) is 9.56. The lowest BCUT2D eigenvalue weighted by Gasteiger charge is -2.41. The van der Waals surface area contributed by atoms with Gasteiger partial charge in [0.1, 0.15) is 0 Å². The molecule has 0 saturated heterocycles. The third-order valence-corrected chi connectivity index (χ3v) is 4.16. The first-order chi connectivity index (χ1) is 8.40. The van der Waals surface area contributed by atoms with Gasteiger partial charge >= 0.3 is 0 Å². The lowest BCUT2D eigenvalue weighted by molar-refractivity contribution is 0.218. The maximum Gasteiger partial charge on any atom is 0.0670 e. The predicted molar refractivity (Wildman–Crippen MR) is 68.9 cm³/mol. The van der Waals surface area contributed by atoms with Gasteiger partial charge in [0.05, 0.1) is 11.7 Å². The average molecular weight is 225 g/mol. The van der Waals surface area contributed by atoms with E-state index in [0.29, 0.717) is 6.04 Å². The van der Waals surface area contributed by atoms with Gasteiger partial charge in [0.25, 0.3) is 0 Å². The van der Waals surface area contributed by atoms with Gasteiger partial charge in [-0.15, -0.1) is 0 Å². The molecular formula is C14H15N3. The van der Waals surface area contributed by atoms with Crippen LogP contribution in [-0.4, -0.2) is 16.2 Å². The van der Waals surface area contributed by atoms with Crippen LogP contribution in [-0.2, 0) is 0 Å². The lowest BCUT2D eigenvalue weighted by atomic mass is 9.71. The Morgan fingerprint density at radius 2 is 2.35 bits per heavy atom. The summed E-state index contributed by atoms with van der Waals surface area (Å²) in [6.07, 6.45) is 9.15. The molecule has 0 aliphatic heterocycles. The van der Waals surface area contributed by atoms with Crippen LogP contribution in [0.3, 0.4) is 0 Å². The number of allylic oxidation sites excluding steroid dienone is 1. The SMILES string of the molecule is C1=CC2C(C1)CC2Nc1ccc2cn[nH]c2c1. The molecule has 0 bridgehead atoms. The fraction of sp³-hybridized carbons (Fsp3) is 0.357. The van der Waals surface area contributed by atoms with Gasteiger partial charge in [-0.3, -0.25) is 5.10 Å². The minimum Gasteiger partial charge on any atom is -0.382 e. The normalized spacial score (nSPS) is 30.2. The molecule has 1 aromatic heterocycles. The molecule has 1 fully saturated rings. The molecule has 3 unspecified atom stereocenters. The molecule has 1 heterocycles. The number of hydrogen-bond acceptors (Lipinski definition) is 2. The average Bonchev–Trinajstić information content (AvgIpc) is 2.91. The molecule has 4 rings (SSSR count). The molecule has 17 heavy (non-hydrogen) atoms. The van der Waals surface area contributed by atoms with Crippen LogP contribution >= 0.6 is 0 Å². The molecule has 3 heteroatoms. The molecule has 2 aliphatic rings. The number of hydrogen-bond donors (Lipinski definition) is 2. The molecule has 0 radical (unpaired) electrons. The Morgan fingerprint density at radius 3 is 3.29 bits per heavy atom. The van der Waals surface area contributed by atoms with Crippen LogP contribution < -0.4 is 5.32 Å². The Bertz CT molecular complexity index is 584. The first-order valence-electron chi connectivity index (χ1n) is 6.26. The number of aromatic nitrogens is 2. The molecule has 2 aromatic rings. The summed E-state index contributed by atoms with van der Waals surface area (Å²) in [5.74, 6) is 1.66. The maximum absolute atomic E-state index is 4.04. The van der Waals surface area contributed by atoms with Crippen molar-refractivity contribution < 1.29 is 0 Å². The van der Waals surface area contributed by atoms with Gasteiger partial charge in [0.2, 0.25) is 0 Å². The van der Waals surface area contributed by atoms with Crippen LogP contribution in [0.5, 0.6) is 0 Å². The summed E-state index contributed by atoms with van der Waals surface area (Å²) in [4.78, 5) is 0. The predicted octanol–water partition coefficient (Wildman–Crippen LogP) is 2.94. The van der Waals surface area contributed by atoms with Gasteiger partial charge in [0.15, 0.2) is 0 Å². The van der Waals surface area contributed by atoms with E-state index in [1.807, 2.05) is 6.20 Å². The highest BCUT2D eigenvalue weighted by Gasteiger charge is 2.40. The number of nitrogens with zero attached hydrogens (tertiary/aromatic N) is 1. The molecule has 3 atom stereocenters. The van der Waals surface area contributed by atoms with E-state index in [4.69, 9.17) is 0 Å². The van der Waals surface area contributed by atoms with E-state index < -0.39 is 0 Å². The van der Waals surface area contributed by atoms with Crippen molar-refractivity contribution in [1.29, 1.82) is 0 Å². The Kier molecular flexibility index (Phi) is 1.83. The summed E-state index contributed by atoms with van der Waals surface area (Å²) in [6, 6.07) is 7.03. The summed E-state index contributed by atoms with van der Waals surface area (Å²) in [6.45, 7) is 0. The standard InChI is InChI=1S/C14H15N3/c1-2-9-6-14(12(9)3-1)16-11-5-4-10-8-15-17-13(10)7-11/h1,3-5,7-9,12,14,16H,2,6H2,(H,15,17). The lowest BCUT2D eigenvalue weighted by Crippen LogP contribution is -2.43. The Hall–Kier alpha value is -1.77. The summed E-state index contributed by atoms with van der Waals surface area (Å²) >= 11 is 0. The largest absolute Gasteiger partial charge is 0.382 e. The zero-order chi connectivity index (χ0) is 11.2. The summed E-state index contributed by atoms with van der Waals surface area (Å²) in [5.41, 5.74) is 2.30. The van der Waals surface area contributed by atoms with E-state index >= 15 is 0 Å². The third-order valence-electron chi connectivity index (χ3n) is 4.16. The maximum atomic E-state index is 4.04. The first kappa shape index (κ1) is 9.28. The number of fused-ring (bicyclic) bond motifs is 2. The van der Waals surface area contributed by atoms with Crippen LogP contribution in [0.4, 0.5) is 5.69 Å². The summed E-state index contributed by atoms with van der Waals surface area (Å²) in [7, 11) is 0. The van der Waals surface area contributed by atoms with Crippen LogP contribution in [0, 0.1) is 11.8 Å². The Labute approximate surface area is 99.9 Å². The van der Waals surface area contributed by atoms with Crippen LogP contribution in [0.1, 0.15) is 12.8 Å². The molecule has 0 spiro atoms. The Morgan fingerprint density at radius 1 is 1.35 bits per heavy atom. The van der Waals surface area contributed by atoms with E-state index in [2.05, 4.69) is 45.9 Å². The quantitative estimate of drug-likeness (QED) is 0.771. The topological polar surface area (TPSA) is 40.7 Å². The smallest absolute Gasteiger partial charge is 0.0670 e. The van der Waals surface area contributed by atoms with Crippen molar-refractivity contribution in [2.75, 3.05) is 5.32 Å². The number of anilines is 1. The number of rotatable bonds is 2. The molecular weight excluding hydrogens is 210 g/mol. The minimum atomic E-state index is 0.624. The highest BCUT2D eigenvalue weighted by atomic mass is 15.1. The van der Waals surface area contributed by atoms with Crippen LogP contribution in [0.15, 0.2) is 36.5 Å². The fourth-order valence-corrected chi connectivity index (χ4v) is 3.12. The number of benzene rings is 1. The molecule has 2 N–H and O–H groups in total. The molecule has 2 aliphatic carbocycles. The second kappa shape index (κ2) is 3.36. The number of aromatic amines is 1. The Balaban J connectivity index is 1.56. The second-order valence-corrected chi connectivity index (χ2v) is 5.16. The molecule has 3 nitrogen and oxygen atoms in total. The van der Waals surface area contributed by atoms with E-state index in [1.165, 1.54) is 23.9 Å². The zero-order valence-corrected chi connectivity index (χ0v) is 9.56. The van der Waals surface area contributed by atoms with Crippen LogP contribution in [0.25, 0.3) is 10.9 Å². The van der Waals surface area contributed by atoms with Gasteiger partial charge in [-0.05, 0) is 37.0 Å². The first-order valence-corrected chi connectivity index (χ1v) is 6.26. The van der Waals surface area contributed by atoms with Gasteiger partial charge in [-0.25, -0.2) is 0 Å². The highest BCUT2D eigenvalue weighted by molar-refractivity contribution is 5.81. The van der Waals surface area contributed by atoms with E-state index in [1.54, 1.807) is 0 Å². The van der Waals surface area contributed by atoms with Gasteiger partial charge in [-0.1, -0.05) is 12.2 Å². The minimum absolute atomic E-state index is 0.624. The number of H-pyrrole nitrogens is 1. The van der Waals surface area contributed by atoms with Crippen molar-refractivity contribution in [1.82, 2.24) is 10.2 Å². The van der Waals surface area contributed by atoms with Gasteiger partial charge in [-0.2, -0.15) is 5.10 Å². The fourth-order valence-electron chi connectivity index (χ4n) is 3.12. The number of nitrogens with one attached hydrogen (secondary N) is 2. The van der Waals surface area contributed by atoms with Crippen molar-refractivity contribution in [2.45, 2.75) is 18.9 Å². The highest BCUT2D eigenvalue weighted by Crippen LogP contribution is 2.44. The van der Waals surface area contributed by atoms with Gasteiger partial charge < -0.3 is 5.32 Å². The molecule has 86 valence electrons. The van der Waals surface area contributed by atoms with Crippen LogP contribution in [0.2, 0.25) is 0 Å². The monoisotopic (exact) mass is 225 g/mol. The molecule has 0 amide bonds. The molecule has 1 aromatic carbocycles. The second-order valence-electron chi connectivity index (χ2n) is 5.16. The van der Waals surface area contributed by atoms with Crippen molar-refractivity contribution in [2.24, 2.45) is 11.8 Å².